The van der Waals surface area contributed by atoms with Gasteiger partial charge in [-0.3, -0.25) is 9.59 Å². The first-order chi connectivity index (χ1) is 11.1. The highest BCUT2D eigenvalue weighted by molar-refractivity contribution is 6.04. The van der Waals surface area contributed by atoms with E-state index in [2.05, 4.69) is 5.32 Å². The molecule has 0 radical (unpaired) electrons. The first kappa shape index (κ1) is 19.0. The van der Waals surface area contributed by atoms with E-state index < -0.39 is 12.0 Å². The Kier molecular flexibility index (Phi) is 8.11. The minimum Gasteiger partial charge on any atom is -0.497 e. The van der Waals surface area contributed by atoms with Crippen molar-refractivity contribution in [3.05, 3.63) is 23.8 Å². The van der Waals surface area contributed by atoms with Crippen molar-refractivity contribution in [3.63, 3.8) is 0 Å². The first-order valence-corrected chi connectivity index (χ1v) is 7.72. The Balaban J connectivity index is 3.00. The standard InChI is InChI=1S/C17H25NO5/c1-5-9-18-14(11-16(19)23-6-2)17(20)13-8-7-12(21-3)10-15(13)22-4/h7-8,10,14,18H,5-6,9,11H2,1-4H3. The highest BCUT2D eigenvalue weighted by atomic mass is 16.5. The summed E-state index contributed by atoms with van der Waals surface area (Å²) >= 11 is 0. The van der Waals surface area contributed by atoms with Crippen molar-refractivity contribution in [2.45, 2.75) is 32.7 Å². The van der Waals surface area contributed by atoms with E-state index in [1.165, 1.54) is 7.11 Å². The normalized spacial score (nSPS) is 11.7. The van der Waals surface area contributed by atoms with Crippen molar-refractivity contribution >= 4 is 11.8 Å². The second kappa shape index (κ2) is 9.84. The molecule has 1 rings (SSSR count). The second-order valence-electron chi connectivity index (χ2n) is 4.95. The number of esters is 1. The fourth-order valence-electron chi connectivity index (χ4n) is 2.15. The van der Waals surface area contributed by atoms with Crippen molar-refractivity contribution in [2.24, 2.45) is 0 Å². The topological polar surface area (TPSA) is 73.9 Å². The van der Waals surface area contributed by atoms with Crippen molar-refractivity contribution < 1.29 is 23.8 Å². The van der Waals surface area contributed by atoms with E-state index in [0.717, 1.165) is 6.42 Å². The molecule has 6 heteroatoms. The van der Waals surface area contributed by atoms with E-state index in [0.29, 0.717) is 30.2 Å². The van der Waals surface area contributed by atoms with Crippen LogP contribution in [0.4, 0.5) is 0 Å². The summed E-state index contributed by atoms with van der Waals surface area (Å²) in [7, 11) is 3.04. The van der Waals surface area contributed by atoms with Gasteiger partial charge in [0.15, 0.2) is 5.78 Å². The lowest BCUT2D eigenvalue weighted by Crippen LogP contribution is -2.39. The Bertz CT molecular complexity index is 530. The molecule has 1 unspecified atom stereocenters. The van der Waals surface area contributed by atoms with E-state index >= 15 is 0 Å². The molecule has 0 aliphatic carbocycles. The summed E-state index contributed by atoms with van der Waals surface area (Å²) in [4.78, 5) is 24.5. The van der Waals surface area contributed by atoms with Gasteiger partial charge in [0, 0.05) is 6.07 Å². The highest BCUT2D eigenvalue weighted by Gasteiger charge is 2.25. The third kappa shape index (κ3) is 5.56. The summed E-state index contributed by atoms with van der Waals surface area (Å²) in [6.07, 6.45) is 0.841. The van der Waals surface area contributed by atoms with Gasteiger partial charge < -0.3 is 19.5 Å². The van der Waals surface area contributed by atoms with Gasteiger partial charge in [-0.2, -0.15) is 0 Å². The number of hydrogen-bond acceptors (Lipinski definition) is 6. The quantitative estimate of drug-likeness (QED) is 0.526. The number of carbonyl (C=O) groups excluding carboxylic acids is 2. The predicted octanol–water partition coefficient (Wildman–Crippen LogP) is 2.21. The smallest absolute Gasteiger partial charge is 0.307 e. The average Bonchev–Trinajstić information content (AvgIpc) is 2.57. The van der Waals surface area contributed by atoms with E-state index in [4.69, 9.17) is 14.2 Å². The van der Waals surface area contributed by atoms with Gasteiger partial charge >= 0.3 is 5.97 Å². The molecule has 128 valence electrons. The zero-order valence-electron chi connectivity index (χ0n) is 14.2. The van der Waals surface area contributed by atoms with Gasteiger partial charge in [-0.05, 0) is 32.0 Å². The van der Waals surface area contributed by atoms with Crippen LogP contribution in [-0.4, -0.2) is 45.2 Å². The molecule has 0 fully saturated rings. The monoisotopic (exact) mass is 323 g/mol. The van der Waals surface area contributed by atoms with Crippen LogP contribution in [0.25, 0.3) is 0 Å². The third-order valence-electron chi connectivity index (χ3n) is 3.31. The van der Waals surface area contributed by atoms with Crippen LogP contribution < -0.4 is 14.8 Å². The fourth-order valence-corrected chi connectivity index (χ4v) is 2.15. The molecule has 1 aromatic carbocycles. The first-order valence-electron chi connectivity index (χ1n) is 7.72. The molecule has 0 aliphatic rings. The number of methoxy groups -OCH3 is 2. The number of carbonyl (C=O) groups is 2. The lowest BCUT2D eigenvalue weighted by molar-refractivity contribution is -0.143. The molecule has 0 bridgehead atoms. The molecule has 6 nitrogen and oxygen atoms in total. The number of benzene rings is 1. The van der Waals surface area contributed by atoms with Crippen molar-refractivity contribution in [1.29, 1.82) is 0 Å². The molecule has 1 aromatic rings. The maximum absolute atomic E-state index is 12.8. The largest absolute Gasteiger partial charge is 0.497 e. The van der Waals surface area contributed by atoms with Gasteiger partial charge in [0.05, 0.1) is 38.9 Å². The third-order valence-corrected chi connectivity index (χ3v) is 3.31. The SMILES string of the molecule is CCCNC(CC(=O)OCC)C(=O)c1ccc(OC)cc1OC. The number of nitrogens with one attached hydrogen (secondary N) is 1. The molecule has 0 saturated heterocycles. The zero-order chi connectivity index (χ0) is 17.2. The summed E-state index contributed by atoms with van der Waals surface area (Å²) in [5.41, 5.74) is 0.409. The van der Waals surface area contributed by atoms with Crippen molar-refractivity contribution in [3.8, 4) is 11.5 Å². The Morgan fingerprint density at radius 1 is 1.17 bits per heavy atom. The number of rotatable bonds is 10. The van der Waals surface area contributed by atoms with Gasteiger partial charge in [-0.1, -0.05) is 6.92 Å². The minimum atomic E-state index is -0.642. The molecule has 0 spiro atoms. The maximum atomic E-state index is 12.8. The van der Waals surface area contributed by atoms with E-state index in [1.807, 2.05) is 6.92 Å². The predicted molar refractivity (Wildman–Crippen MR) is 87.2 cm³/mol. The molecule has 1 atom stereocenters. The number of ether oxygens (including phenoxy) is 3. The van der Waals surface area contributed by atoms with Crippen LogP contribution in [0.15, 0.2) is 18.2 Å². The highest BCUT2D eigenvalue weighted by Crippen LogP contribution is 2.26. The molecular weight excluding hydrogens is 298 g/mol. The summed E-state index contributed by atoms with van der Waals surface area (Å²) in [5.74, 6) is 0.413. The lowest BCUT2D eigenvalue weighted by atomic mass is 10.00. The Morgan fingerprint density at radius 3 is 2.48 bits per heavy atom. The Labute approximate surface area is 137 Å². The van der Waals surface area contributed by atoms with Crippen LogP contribution in [0.1, 0.15) is 37.0 Å². The zero-order valence-corrected chi connectivity index (χ0v) is 14.2. The Morgan fingerprint density at radius 2 is 1.91 bits per heavy atom. The molecule has 0 aromatic heterocycles. The van der Waals surface area contributed by atoms with Crippen molar-refractivity contribution in [2.75, 3.05) is 27.4 Å². The van der Waals surface area contributed by atoms with Crippen LogP contribution in [0, 0.1) is 0 Å². The van der Waals surface area contributed by atoms with Crippen molar-refractivity contribution in [1.82, 2.24) is 5.32 Å². The van der Waals surface area contributed by atoms with E-state index in [9.17, 15) is 9.59 Å². The molecular formula is C17H25NO5. The molecule has 0 heterocycles. The van der Waals surface area contributed by atoms with Gasteiger partial charge in [0.2, 0.25) is 0 Å². The van der Waals surface area contributed by atoms with Crippen LogP contribution in [-0.2, 0) is 9.53 Å². The van der Waals surface area contributed by atoms with Crippen LogP contribution in [0.2, 0.25) is 0 Å². The van der Waals surface area contributed by atoms with E-state index in [-0.39, 0.29) is 12.2 Å². The van der Waals surface area contributed by atoms with Crippen LogP contribution in [0.3, 0.4) is 0 Å². The minimum absolute atomic E-state index is 0.0120. The van der Waals surface area contributed by atoms with Crippen LogP contribution >= 0.6 is 0 Å². The molecule has 0 saturated carbocycles. The molecule has 0 aliphatic heterocycles. The summed E-state index contributed by atoms with van der Waals surface area (Å²) in [5, 5.41) is 3.10. The van der Waals surface area contributed by atoms with Gasteiger partial charge in [-0.25, -0.2) is 0 Å². The Hall–Kier alpha value is -2.08. The summed E-state index contributed by atoms with van der Waals surface area (Å²) in [6.45, 7) is 4.65. The van der Waals surface area contributed by atoms with E-state index in [1.54, 1.807) is 32.2 Å². The summed E-state index contributed by atoms with van der Waals surface area (Å²) in [6, 6.07) is 4.34. The van der Waals surface area contributed by atoms with Gasteiger partial charge in [-0.15, -0.1) is 0 Å². The number of ketones is 1. The van der Waals surface area contributed by atoms with Gasteiger partial charge in [0.25, 0.3) is 0 Å². The molecule has 1 N–H and O–H groups in total. The second-order valence-corrected chi connectivity index (χ2v) is 4.95. The number of Topliss-reactive ketones (excluding diaryl/α,β-unsaturated/α-hetero) is 1. The number of hydrogen-bond donors (Lipinski definition) is 1. The summed E-state index contributed by atoms with van der Waals surface area (Å²) < 4.78 is 15.4. The average molecular weight is 323 g/mol. The molecule has 23 heavy (non-hydrogen) atoms. The fraction of sp³-hybridized carbons (Fsp3) is 0.529. The van der Waals surface area contributed by atoms with Gasteiger partial charge in [0.1, 0.15) is 11.5 Å². The maximum Gasteiger partial charge on any atom is 0.307 e. The molecule has 0 amide bonds. The lowest BCUT2D eigenvalue weighted by Gasteiger charge is -2.18. The van der Waals surface area contributed by atoms with Crippen LogP contribution in [0.5, 0.6) is 11.5 Å².